The molecular formula is C14H19FN2O. The van der Waals surface area contributed by atoms with Crippen LogP contribution in [0, 0.1) is 12.7 Å². The number of hydrogen-bond acceptors (Lipinski definition) is 2. The van der Waals surface area contributed by atoms with Crippen molar-refractivity contribution >= 4 is 11.6 Å². The van der Waals surface area contributed by atoms with E-state index >= 15 is 0 Å². The van der Waals surface area contributed by atoms with E-state index in [0.717, 1.165) is 31.4 Å². The largest absolute Gasteiger partial charge is 0.324 e. The standard InChI is InChI=1S/C14H19FN2O/c1-10-9-11(15)5-6-12(10)17-13(18)14(2)7-3-4-8-16-14/h5-6,9,16H,3-4,7-8H2,1-2H3,(H,17,18). The van der Waals surface area contributed by atoms with Crippen LogP contribution >= 0.6 is 0 Å². The number of aryl methyl sites for hydroxylation is 1. The lowest BCUT2D eigenvalue weighted by Gasteiger charge is -2.33. The highest BCUT2D eigenvalue weighted by molar-refractivity contribution is 5.98. The van der Waals surface area contributed by atoms with E-state index in [-0.39, 0.29) is 11.7 Å². The van der Waals surface area contributed by atoms with Gasteiger partial charge in [-0.1, -0.05) is 0 Å². The second-order valence-electron chi connectivity index (χ2n) is 5.13. The molecule has 1 saturated heterocycles. The summed E-state index contributed by atoms with van der Waals surface area (Å²) >= 11 is 0. The lowest BCUT2D eigenvalue weighted by atomic mass is 9.90. The van der Waals surface area contributed by atoms with Gasteiger partial charge in [-0.05, 0) is 63.4 Å². The monoisotopic (exact) mass is 250 g/mol. The Labute approximate surface area is 107 Å². The summed E-state index contributed by atoms with van der Waals surface area (Å²) in [6.07, 6.45) is 3.00. The molecule has 0 radical (unpaired) electrons. The molecule has 1 atom stereocenters. The normalized spacial score (nSPS) is 23.7. The van der Waals surface area contributed by atoms with Gasteiger partial charge in [0.25, 0.3) is 0 Å². The van der Waals surface area contributed by atoms with Gasteiger partial charge >= 0.3 is 0 Å². The summed E-state index contributed by atoms with van der Waals surface area (Å²) in [5, 5.41) is 6.14. The fraction of sp³-hybridized carbons (Fsp3) is 0.500. The van der Waals surface area contributed by atoms with Crippen LogP contribution in [0.4, 0.5) is 10.1 Å². The van der Waals surface area contributed by atoms with Crippen LogP contribution < -0.4 is 10.6 Å². The second-order valence-corrected chi connectivity index (χ2v) is 5.13. The van der Waals surface area contributed by atoms with E-state index in [0.29, 0.717) is 5.69 Å². The number of halogens is 1. The minimum Gasteiger partial charge on any atom is -0.324 e. The molecule has 0 saturated carbocycles. The molecule has 4 heteroatoms. The number of amides is 1. The Hall–Kier alpha value is -1.42. The molecule has 1 amide bonds. The lowest BCUT2D eigenvalue weighted by molar-refractivity contribution is -0.122. The van der Waals surface area contributed by atoms with Crippen molar-refractivity contribution in [3.8, 4) is 0 Å². The van der Waals surface area contributed by atoms with Crippen molar-refractivity contribution in [3.05, 3.63) is 29.6 Å². The number of benzene rings is 1. The van der Waals surface area contributed by atoms with Crippen molar-refractivity contribution in [3.63, 3.8) is 0 Å². The molecule has 0 spiro atoms. The molecule has 1 aliphatic heterocycles. The van der Waals surface area contributed by atoms with Gasteiger partial charge < -0.3 is 10.6 Å². The average molecular weight is 250 g/mol. The Morgan fingerprint density at radius 2 is 2.22 bits per heavy atom. The van der Waals surface area contributed by atoms with E-state index in [2.05, 4.69) is 10.6 Å². The van der Waals surface area contributed by atoms with Crippen molar-refractivity contribution in [2.24, 2.45) is 0 Å². The molecule has 1 aromatic rings. The van der Waals surface area contributed by atoms with Gasteiger partial charge in [-0.15, -0.1) is 0 Å². The van der Waals surface area contributed by atoms with Crippen molar-refractivity contribution in [2.45, 2.75) is 38.6 Å². The molecule has 0 aliphatic carbocycles. The maximum atomic E-state index is 13.0. The molecule has 0 bridgehead atoms. The number of piperidine rings is 1. The molecule has 1 aliphatic rings. The predicted octanol–water partition coefficient (Wildman–Crippen LogP) is 2.60. The van der Waals surface area contributed by atoms with Crippen LogP contribution in [0.1, 0.15) is 31.7 Å². The molecule has 18 heavy (non-hydrogen) atoms. The quantitative estimate of drug-likeness (QED) is 0.847. The van der Waals surface area contributed by atoms with Crippen molar-refractivity contribution in [1.29, 1.82) is 0 Å². The van der Waals surface area contributed by atoms with Crippen LogP contribution in [0.5, 0.6) is 0 Å². The minimum atomic E-state index is -0.515. The van der Waals surface area contributed by atoms with Crippen molar-refractivity contribution < 1.29 is 9.18 Å². The van der Waals surface area contributed by atoms with Crippen molar-refractivity contribution in [2.75, 3.05) is 11.9 Å². The molecule has 2 N–H and O–H groups in total. The zero-order valence-electron chi connectivity index (χ0n) is 10.8. The van der Waals surface area contributed by atoms with Crippen LogP contribution in [-0.4, -0.2) is 18.0 Å². The molecule has 1 heterocycles. The molecule has 3 nitrogen and oxygen atoms in total. The summed E-state index contributed by atoms with van der Waals surface area (Å²) in [6, 6.07) is 4.39. The van der Waals surface area contributed by atoms with Gasteiger partial charge in [0, 0.05) is 5.69 Å². The molecule has 1 fully saturated rings. The second kappa shape index (κ2) is 5.06. The fourth-order valence-corrected chi connectivity index (χ4v) is 2.28. The first-order valence-corrected chi connectivity index (χ1v) is 6.34. The van der Waals surface area contributed by atoms with Gasteiger partial charge in [0.05, 0.1) is 5.54 Å². The van der Waals surface area contributed by atoms with Gasteiger partial charge in [0.1, 0.15) is 5.82 Å². The third-order valence-electron chi connectivity index (χ3n) is 3.56. The van der Waals surface area contributed by atoms with Gasteiger partial charge in [0.15, 0.2) is 0 Å². The number of anilines is 1. The predicted molar refractivity (Wildman–Crippen MR) is 70.0 cm³/mol. The van der Waals surface area contributed by atoms with Crippen LogP contribution in [-0.2, 0) is 4.79 Å². The summed E-state index contributed by atoms with van der Waals surface area (Å²) in [4.78, 5) is 12.3. The number of hydrogen-bond donors (Lipinski definition) is 2. The lowest BCUT2D eigenvalue weighted by Crippen LogP contribution is -2.54. The first kappa shape index (κ1) is 13.0. The first-order valence-electron chi connectivity index (χ1n) is 6.34. The van der Waals surface area contributed by atoms with E-state index in [1.54, 1.807) is 13.0 Å². The van der Waals surface area contributed by atoms with Gasteiger partial charge in [-0.25, -0.2) is 4.39 Å². The molecule has 1 aromatic carbocycles. The smallest absolute Gasteiger partial charge is 0.244 e. The molecule has 98 valence electrons. The van der Waals surface area contributed by atoms with E-state index < -0.39 is 5.54 Å². The summed E-state index contributed by atoms with van der Waals surface area (Å²) in [7, 11) is 0. The molecule has 1 unspecified atom stereocenters. The summed E-state index contributed by atoms with van der Waals surface area (Å²) in [5.41, 5.74) is 0.900. The van der Waals surface area contributed by atoms with Crippen LogP contribution in [0.15, 0.2) is 18.2 Å². The summed E-state index contributed by atoms with van der Waals surface area (Å²) in [5.74, 6) is -0.329. The van der Waals surface area contributed by atoms with Gasteiger partial charge in [-0.2, -0.15) is 0 Å². The Morgan fingerprint density at radius 1 is 1.44 bits per heavy atom. The zero-order chi connectivity index (χ0) is 13.2. The highest BCUT2D eigenvalue weighted by Gasteiger charge is 2.34. The van der Waals surface area contributed by atoms with E-state index in [1.807, 2.05) is 6.92 Å². The Morgan fingerprint density at radius 3 is 2.83 bits per heavy atom. The topological polar surface area (TPSA) is 41.1 Å². The van der Waals surface area contributed by atoms with Crippen molar-refractivity contribution in [1.82, 2.24) is 5.32 Å². The third-order valence-corrected chi connectivity index (χ3v) is 3.56. The fourth-order valence-electron chi connectivity index (χ4n) is 2.28. The van der Waals surface area contributed by atoms with Gasteiger partial charge in [0.2, 0.25) is 5.91 Å². The summed E-state index contributed by atoms with van der Waals surface area (Å²) in [6.45, 7) is 4.57. The number of carbonyl (C=O) groups is 1. The van der Waals surface area contributed by atoms with E-state index in [1.165, 1.54) is 12.1 Å². The molecule has 2 rings (SSSR count). The van der Waals surface area contributed by atoms with Crippen LogP contribution in [0.2, 0.25) is 0 Å². The Balaban J connectivity index is 2.11. The van der Waals surface area contributed by atoms with E-state index in [9.17, 15) is 9.18 Å². The zero-order valence-corrected chi connectivity index (χ0v) is 10.8. The Kier molecular flexibility index (Phi) is 3.66. The molecule has 0 aromatic heterocycles. The number of rotatable bonds is 2. The van der Waals surface area contributed by atoms with E-state index in [4.69, 9.17) is 0 Å². The SMILES string of the molecule is Cc1cc(F)ccc1NC(=O)C1(C)CCCCN1. The number of nitrogens with one attached hydrogen (secondary N) is 2. The third kappa shape index (κ3) is 2.70. The average Bonchev–Trinajstić information content (AvgIpc) is 2.33. The first-order chi connectivity index (χ1) is 8.51. The highest BCUT2D eigenvalue weighted by atomic mass is 19.1. The molecular weight excluding hydrogens is 231 g/mol. The van der Waals surface area contributed by atoms with Crippen LogP contribution in [0.25, 0.3) is 0 Å². The number of carbonyl (C=O) groups excluding carboxylic acids is 1. The minimum absolute atomic E-state index is 0.0445. The maximum Gasteiger partial charge on any atom is 0.244 e. The highest BCUT2D eigenvalue weighted by Crippen LogP contribution is 2.22. The maximum absolute atomic E-state index is 13.0. The van der Waals surface area contributed by atoms with Crippen LogP contribution in [0.3, 0.4) is 0 Å². The summed E-state index contributed by atoms with van der Waals surface area (Å²) < 4.78 is 13.0. The Bertz CT molecular complexity index is 453. The van der Waals surface area contributed by atoms with Gasteiger partial charge in [-0.3, -0.25) is 4.79 Å².